The number of anilines is 1. The van der Waals surface area contributed by atoms with Crippen LogP contribution in [0.1, 0.15) is 10.9 Å². The highest BCUT2D eigenvalue weighted by molar-refractivity contribution is 7.10. The van der Waals surface area contributed by atoms with Crippen molar-refractivity contribution in [2.45, 2.75) is 6.04 Å². The molecule has 2 amide bonds. The van der Waals surface area contributed by atoms with Gasteiger partial charge in [0.15, 0.2) is 6.04 Å². The number of carbonyl (C=O) groups excluding carboxylic acids is 1. The summed E-state index contributed by atoms with van der Waals surface area (Å²) in [7, 11) is 1.54. The fraction of sp³-hybridized carbons (Fsp3) is 0.222. The van der Waals surface area contributed by atoms with E-state index in [1.165, 1.54) is 16.1 Å². The number of carbonyl (C=O) groups is 2. The molecule has 9 nitrogen and oxygen atoms in total. The number of rotatable bonds is 4. The van der Waals surface area contributed by atoms with Crippen LogP contribution in [0.2, 0.25) is 0 Å². The van der Waals surface area contributed by atoms with Gasteiger partial charge in [-0.15, -0.1) is 16.4 Å². The molecule has 0 bridgehead atoms. The Hall–Kier alpha value is -2.49. The smallest absolute Gasteiger partial charge is 0.331 e. The van der Waals surface area contributed by atoms with E-state index in [9.17, 15) is 9.59 Å². The lowest BCUT2D eigenvalue weighted by atomic mass is 10.2. The van der Waals surface area contributed by atoms with E-state index >= 15 is 0 Å². The van der Waals surface area contributed by atoms with E-state index in [4.69, 9.17) is 5.11 Å². The Balaban J connectivity index is 2.02. The molecule has 1 atom stereocenters. The molecule has 100 valence electrons. The first-order valence-corrected chi connectivity index (χ1v) is 6.02. The fourth-order valence-corrected chi connectivity index (χ4v) is 2.08. The second-order valence-electron chi connectivity index (χ2n) is 3.49. The van der Waals surface area contributed by atoms with Crippen LogP contribution in [0.4, 0.5) is 10.7 Å². The van der Waals surface area contributed by atoms with Gasteiger partial charge < -0.3 is 10.4 Å². The first-order valence-electron chi connectivity index (χ1n) is 5.14. The average Bonchev–Trinajstić information content (AvgIpc) is 2.97. The Morgan fingerprint density at radius 2 is 2.32 bits per heavy atom. The third kappa shape index (κ3) is 3.25. The van der Waals surface area contributed by atoms with Gasteiger partial charge in [-0.3, -0.25) is 5.32 Å². The molecule has 1 unspecified atom stereocenters. The largest absolute Gasteiger partial charge is 0.479 e. The second-order valence-corrected chi connectivity index (χ2v) is 4.47. The molecule has 2 heterocycles. The topological polar surface area (TPSA) is 122 Å². The lowest BCUT2D eigenvalue weighted by molar-refractivity contribution is -0.139. The van der Waals surface area contributed by atoms with Crippen molar-refractivity contribution in [3.8, 4) is 0 Å². The number of carboxylic acid groups (broad SMARTS) is 1. The molecule has 0 aromatic carbocycles. The lowest BCUT2D eigenvalue weighted by Gasteiger charge is -2.12. The molecule has 0 saturated carbocycles. The van der Waals surface area contributed by atoms with E-state index in [1.807, 2.05) is 0 Å². The van der Waals surface area contributed by atoms with Crippen LogP contribution in [0.3, 0.4) is 0 Å². The van der Waals surface area contributed by atoms with Crippen LogP contribution < -0.4 is 10.6 Å². The summed E-state index contributed by atoms with van der Waals surface area (Å²) in [5.41, 5.74) is 0. The number of urea groups is 1. The van der Waals surface area contributed by atoms with Gasteiger partial charge in [0.05, 0.1) is 7.05 Å². The molecule has 3 N–H and O–H groups in total. The molecule has 0 fully saturated rings. The number of aromatic nitrogens is 4. The van der Waals surface area contributed by atoms with Gasteiger partial charge in [0.1, 0.15) is 0 Å². The summed E-state index contributed by atoms with van der Waals surface area (Å²) in [4.78, 5) is 24.4. The predicted molar refractivity (Wildman–Crippen MR) is 65.6 cm³/mol. The van der Waals surface area contributed by atoms with Gasteiger partial charge in [0, 0.05) is 4.88 Å². The number of tetrazole rings is 1. The zero-order valence-corrected chi connectivity index (χ0v) is 10.6. The summed E-state index contributed by atoms with van der Waals surface area (Å²) in [6.45, 7) is 0. The monoisotopic (exact) mass is 282 g/mol. The van der Waals surface area contributed by atoms with E-state index < -0.39 is 18.0 Å². The molecule has 2 rings (SSSR count). The summed E-state index contributed by atoms with van der Waals surface area (Å²) >= 11 is 1.24. The van der Waals surface area contributed by atoms with Gasteiger partial charge in [-0.05, 0) is 16.7 Å². The van der Waals surface area contributed by atoms with Crippen molar-refractivity contribution in [2.24, 2.45) is 7.05 Å². The minimum absolute atomic E-state index is 0.00433. The van der Waals surface area contributed by atoms with E-state index in [0.717, 1.165) is 0 Å². The van der Waals surface area contributed by atoms with Gasteiger partial charge in [0.2, 0.25) is 0 Å². The van der Waals surface area contributed by atoms with Crippen LogP contribution in [0.25, 0.3) is 0 Å². The number of carboxylic acids is 1. The summed E-state index contributed by atoms with van der Waals surface area (Å²) in [6, 6.07) is 1.51. The van der Waals surface area contributed by atoms with Crippen molar-refractivity contribution in [1.29, 1.82) is 0 Å². The third-order valence-corrected chi connectivity index (χ3v) is 3.02. The van der Waals surface area contributed by atoms with E-state index in [1.54, 1.807) is 24.6 Å². The zero-order chi connectivity index (χ0) is 13.8. The number of amides is 2. The van der Waals surface area contributed by atoms with Gasteiger partial charge in [-0.25, -0.2) is 9.59 Å². The SMILES string of the molecule is Cn1nnc(NC(=O)NC(C(=O)O)c2cccs2)n1. The zero-order valence-electron chi connectivity index (χ0n) is 9.77. The second kappa shape index (κ2) is 5.44. The fourth-order valence-electron chi connectivity index (χ4n) is 1.31. The Kier molecular flexibility index (Phi) is 3.71. The Morgan fingerprint density at radius 3 is 2.84 bits per heavy atom. The van der Waals surface area contributed by atoms with Crippen LogP contribution in [0, 0.1) is 0 Å². The first kappa shape index (κ1) is 13.0. The number of hydrogen-bond donors (Lipinski definition) is 3. The lowest BCUT2D eigenvalue weighted by Crippen LogP contribution is -2.36. The molecule has 0 aliphatic rings. The predicted octanol–water partition coefficient (Wildman–Crippen LogP) is 0.219. The standard InChI is InChI=1S/C9H10N6O3S/c1-15-13-8(12-14-15)11-9(18)10-6(7(16)17)5-3-2-4-19-5/h2-4,6H,1H3,(H,16,17)(H2,10,11,13,18). The van der Waals surface area contributed by atoms with Crippen molar-refractivity contribution in [2.75, 3.05) is 5.32 Å². The maximum atomic E-state index is 11.6. The molecule has 0 spiro atoms. The Bertz CT molecular complexity index is 581. The minimum Gasteiger partial charge on any atom is -0.479 e. The molecule has 0 aliphatic heterocycles. The van der Waals surface area contributed by atoms with Crippen LogP contribution in [-0.4, -0.2) is 37.3 Å². The summed E-state index contributed by atoms with van der Waals surface area (Å²) < 4.78 is 0. The van der Waals surface area contributed by atoms with Crippen LogP contribution in [-0.2, 0) is 11.8 Å². The number of nitrogens with one attached hydrogen (secondary N) is 2. The van der Waals surface area contributed by atoms with Crippen LogP contribution in [0.15, 0.2) is 17.5 Å². The number of aliphatic carboxylic acids is 1. The molecule has 10 heteroatoms. The van der Waals surface area contributed by atoms with E-state index in [2.05, 4.69) is 26.0 Å². The van der Waals surface area contributed by atoms with Crippen molar-refractivity contribution >= 4 is 29.3 Å². The van der Waals surface area contributed by atoms with Gasteiger partial charge in [-0.2, -0.15) is 4.80 Å². The van der Waals surface area contributed by atoms with Crippen LogP contribution in [0.5, 0.6) is 0 Å². The Morgan fingerprint density at radius 1 is 1.53 bits per heavy atom. The average molecular weight is 282 g/mol. The number of aryl methyl sites for hydroxylation is 1. The van der Waals surface area contributed by atoms with Gasteiger partial charge >= 0.3 is 12.0 Å². The van der Waals surface area contributed by atoms with E-state index in [-0.39, 0.29) is 5.95 Å². The molecule has 19 heavy (non-hydrogen) atoms. The summed E-state index contributed by atoms with van der Waals surface area (Å²) in [6.07, 6.45) is 0. The van der Waals surface area contributed by atoms with Crippen LogP contribution >= 0.6 is 11.3 Å². The molecule has 2 aromatic heterocycles. The number of nitrogens with zero attached hydrogens (tertiary/aromatic N) is 4. The van der Waals surface area contributed by atoms with Gasteiger partial charge in [-0.1, -0.05) is 11.2 Å². The summed E-state index contributed by atoms with van der Waals surface area (Å²) in [5.74, 6) is -1.15. The summed E-state index contributed by atoms with van der Waals surface area (Å²) in [5, 5.41) is 26.3. The minimum atomic E-state index is -1.15. The van der Waals surface area contributed by atoms with Crippen molar-refractivity contribution in [1.82, 2.24) is 25.5 Å². The maximum Gasteiger partial charge on any atom is 0.331 e. The number of hydrogen-bond acceptors (Lipinski definition) is 6. The normalized spacial score (nSPS) is 11.8. The molecule has 0 aliphatic carbocycles. The first-order chi connectivity index (χ1) is 9.06. The Labute approximate surface area is 111 Å². The van der Waals surface area contributed by atoms with E-state index in [0.29, 0.717) is 4.88 Å². The molecule has 0 saturated heterocycles. The molecular weight excluding hydrogens is 272 g/mol. The van der Waals surface area contributed by atoms with Crippen molar-refractivity contribution in [3.63, 3.8) is 0 Å². The number of thiophene rings is 1. The highest BCUT2D eigenvalue weighted by Gasteiger charge is 2.23. The third-order valence-electron chi connectivity index (χ3n) is 2.08. The highest BCUT2D eigenvalue weighted by atomic mass is 32.1. The highest BCUT2D eigenvalue weighted by Crippen LogP contribution is 2.19. The van der Waals surface area contributed by atoms with Crippen molar-refractivity contribution in [3.05, 3.63) is 22.4 Å². The quantitative estimate of drug-likeness (QED) is 0.737. The molecule has 2 aromatic rings. The van der Waals surface area contributed by atoms with Gasteiger partial charge in [0.25, 0.3) is 5.95 Å². The van der Waals surface area contributed by atoms with Crippen molar-refractivity contribution < 1.29 is 14.7 Å². The molecule has 0 radical (unpaired) electrons. The maximum absolute atomic E-state index is 11.6. The molecular formula is C9H10N6O3S.